The summed E-state index contributed by atoms with van der Waals surface area (Å²) in [5.41, 5.74) is -0.379. The molecule has 0 aromatic heterocycles. The number of amides is 1. The topological polar surface area (TPSA) is 70.6 Å². The average molecular weight is 341 g/mol. The van der Waals surface area contributed by atoms with Crippen molar-refractivity contribution in [3.05, 3.63) is 0 Å². The van der Waals surface area contributed by atoms with Crippen LogP contribution in [-0.2, 0) is 4.74 Å². The maximum Gasteiger partial charge on any atom is 0.407 e. The molecule has 2 aliphatic carbocycles. The predicted molar refractivity (Wildman–Crippen MR) is 96.0 cm³/mol. The number of carbonyl (C=O) groups is 1. The number of aliphatic hydroxyl groups is 1. The molecule has 2 unspecified atom stereocenters. The van der Waals surface area contributed by atoms with E-state index in [2.05, 4.69) is 10.6 Å². The van der Waals surface area contributed by atoms with Gasteiger partial charge in [-0.15, -0.1) is 0 Å². The number of alkyl carbamates (subject to hydrolysis) is 1. The van der Waals surface area contributed by atoms with Gasteiger partial charge in [0.05, 0.1) is 0 Å². The normalized spacial score (nSPS) is 27.0. The molecule has 2 rings (SSSR count). The minimum atomic E-state index is -0.452. The van der Waals surface area contributed by atoms with Crippen LogP contribution < -0.4 is 10.6 Å². The van der Waals surface area contributed by atoms with Crippen LogP contribution in [0.2, 0.25) is 0 Å². The van der Waals surface area contributed by atoms with Gasteiger partial charge in [-0.2, -0.15) is 0 Å². The number of carbonyl (C=O) groups excluding carboxylic acids is 1. The number of aliphatic hydroxyl groups excluding tert-OH is 1. The first-order chi connectivity index (χ1) is 11.3. The van der Waals surface area contributed by atoms with E-state index in [1.807, 2.05) is 20.8 Å². The molecule has 5 heteroatoms. The molecule has 2 atom stereocenters. The summed E-state index contributed by atoms with van der Waals surface area (Å²) in [7, 11) is 0. The molecule has 5 nitrogen and oxygen atoms in total. The van der Waals surface area contributed by atoms with Crippen molar-refractivity contribution in [3.8, 4) is 0 Å². The lowest BCUT2D eigenvalue weighted by Crippen LogP contribution is -2.46. The summed E-state index contributed by atoms with van der Waals surface area (Å²) >= 11 is 0. The van der Waals surface area contributed by atoms with Crippen LogP contribution in [-0.4, -0.2) is 42.5 Å². The fourth-order valence-electron chi connectivity index (χ4n) is 4.12. The van der Waals surface area contributed by atoms with Crippen LogP contribution in [0.15, 0.2) is 0 Å². The van der Waals surface area contributed by atoms with Crippen LogP contribution >= 0.6 is 0 Å². The molecule has 0 spiro atoms. The zero-order valence-electron chi connectivity index (χ0n) is 15.7. The Morgan fingerprint density at radius 1 is 1.17 bits per heavy atom. The van der Waals surface area contributed by atoms with Crippen molar-refractivity contribution in [2.45, 2.75) is 83.8 Å². The zero-order valence-corrected chi connectivity index (χ0v) is 15.7. The van der Waals surface area contributed by atoms with Crippen molar-refractivity contribution in [1.82, 2.24) is 10.6 Å². The Morgan fingerprint density at radius 3 is 2.50 bits per heavy atom. The highest BCUT2D eigenvalue weighted by Crippen LogP contribution is 2.36. The van der Waals surface area contributed by atoms with E-state index < -0.39 is 5.60 Å². The van der Waals surface area contributed by atoms with Gasteiger partial charge in [0.25, 0.3) is 0 Å². The molecule has 2 fully saturated rings. The minimum Gasteiger partial charge on any atom is -0.444 e. The van der Waals surface area contributed by atoms with E-state index in [0.717, 1.165) is 32.2 Å². The number of ether oxygens (including phenoxy) is 1. The number of rotatable bonds is 6. The standard InChI is InChI=1S/C19H36N2O3/c1-18(2,3)24-17(23)20-12-15-8-7-9-16(15)21-13-19(14-22)10-5-4-6-11-19/h15-16,21-22H,4-14H2,1-3H3,(H,20,23). The maximum atomic E-state index is 11.8. The smallest absolute Gasteiger partial charge is 0.407 e. The maximum absolute atomic E-state index is 11.8. The van der Waals surface area contributed by atoms with Gasteiger partial charge in [0.1, 0.15) is 5.60 Å². The first kappa shape index (κ1) is 19.5. The Labute approximate surface area is 146 Å². The fourth-order valence-corrected chi connectivity index (χ4v) is 4.12. The van der Waals surface area contributed by atoms with E-state index in [1.165, 1.54) is 25.7 Å². The van der Waals surface area contributed by atoms with Crippen molar-refractivity contribution in [2.75, 3.05) is 19.7 Å². The lowest BCUT2D eigenvalue weighted by Gasteiger charge is -2.37. The summed E-state index contributed by atoms with van der Waals surface area (Å²) in [6.45, 7) is 7.49. The number of hydrogen-bond donors (Lipinski definition) is 3. The third-order valence-corrected chi connectivity index (χ3v) is 5.56. The highest BCUT2D eigenvalue weighted by Gasteiger charge is 2.34. The lowest BCUT2D eigenvalue weighted by molar-refractivity contribution is 0.0514. The van der Waals surface area contributed by atoms with Crippen LogP contribution in [0.4, 0.5) is 4.79 Å². The molecule has 0 bridgehead atoms. The van der Waals surface area contributed by atoms with Crippen LogP contribution in [0.25, 0.3) is 0 Å². The van der Waals surface area contributed by atoms with Gasteiger partial charge in [-0.05, 0) is 52.4 Å². The van der Waals surface area contributed by atoms with Crippen LogP contribution in [0.5, 0.6) is 0 Å². The van der Waals surface area contributed by atoms with Crippen molar-refractivity contribution in [1.29, 1.82) is 0 Å². The summed E-state index contributed by atoms with van der Waals surface area (Å²) in [5.74, 6) is 0.455. The monoisotopic (exact) mass is 340 g/mol. The van der Waals surface area contributed by atoms with Crippen molar-refractivity contribution >= 4 is 6.09 Å². The quantitative estimate of drug-likeness (QED) is 0.694. The second kappa shape index (κ2) is 8.52. The van der Waals surface area contributed by atoms with Gasteiger partial charge >= 0.3 is 6.09 Å². The summed E-state index contributed by atoms with van der Waals surface area (Å²) in [6, 6.07) is 0.435. The Morgan fingerprint density at radius 2 is 1.88 bits per heavy atom. The van der Waals surface area contributed by atoms with E-state index in [9.17, 15) is 9.90 Å². The second-order valence-electron chi connectivity index (χ2n) is 8.78. The first-order valence-corrected chi connectivity index (χ1v) is 9.65. The molecule has 0 aliphatic heterocycles. The third-order valence-electron chi connectivity index (χ3n) is 5.56. The molecular formula is C19H36N2O3. The molecule has 0 aromatic rings. The van der Waals surface area contributed by atoms with Crippen molar-refractivity contribution in [2.24, 2.45) is 11.3 Å². The van der Waals surface area contributed by atoms with Gasteiger partial charge in [0.15, 0.2) is 0 Å². The van der Waals surface area contributed by atoms with E-state index in [-0.39, 0.29) is 18.1 Å². The van der Waals surface area contributed by atoms with Crippen molar-refractivity contribution in [3.63, 3.8) is 0 Å². The summed E-state index contributed by atoms with van der Waals surface area (Å²) in [6.07, 6.45) is 9.19. The van der Waals surface area contributed by atoms with Gasteiger partial charge in [0, 0.05) is 31.2 Å². The molecule has 0 aromatic carbocycles. The Bertz CT molecular complexity index is 400. The predicted octanol–water partition coefficient (Wildman–Crippen LogP) is 3.21. The van der Waals surface area contributed by atoms with Crippen LogP contribution in [0, 0.1) is 11.3 Å². The molecule has 0 heterocycles. The lowest BCUT2D eigenvalue weighted by atomic mass is 9.74. The Kier molecular flexibility index (Phi) is 6.93. The van der Waals surface area contributed by atoms with Gasteiger partial charge in [-0.1, -0.05) is 25.7 Å². The number of nitrogens with one attached hydrogen (secondary N) is 2. The zero-order chi connectivity index (χ0) is 17.6. The Hall–Kier alpha value is -0.810. The first-order valence-electron chi connectivity index (χ1n) is 9.65. The minimum absolute atomic E-state index is 0.0734. The summed E-state index contributed by atoms with van der Waals surface area (Å²) in [4.78, 5) is 11.8. The van der Waals surface area contributed by atoms with Crippen LogP contribution in [0.3, 0.4) is 0 Å². The third kappa shape index (κ3) is 5.92. The van der Waals surface area contributed by atoms with E-state index in [0.29, 0.717) is 18.5 Å². The molecule has 140 valence electrons. The van der Waals surface area contributed by atoms with Gasteiger partial charge in [-0.25, -0.2) is 4.79 Å². The highest BCUT2D eigenvalue weighted by atomic mass is 16.6. The molecular weight excluding hydrogens is 304 g/mol. The molecule has 2 saturated carbocycles. The van der Waals surface area contributed by atoms with Gasteiger partial charge in [-0.3, -0.25) is 0 Å². The molecule has 3 N–H and O–H groups in total. The molecule has 0 saturated heterocycles. The molecule has 1 amide bonds. The average Bonchev–Trinajstić information content (AvgIpc) is 2.98. The molecule has 24 heavy (non-hydrogen) atoms. The summed E-state index contributed by atoms with van der Waals surface area (Å²) < 4.78 is 5.32. The SMILES string of the molecule is CC(C)(C)OC(=O)NCC1CCCC1NCC1(CO)CCCCC1. The number of hydrogen-bond acceptors (Lipinski definition) is 4. The van der Waals surface area contributed by atoms with Crippen molar-refractivity contribution < 1.29 is 14.6 Å². The fraction of sp³-hybridized carbons (Fsp3) is 0.947. The largest absolute Gasteiger partial charge is 0.444 e. The van der Waals surface area contributed by atoms with Crippen LogP contribution in [0.1, 0.15) is 72.1 Å². The van der Waals surface area contributed by atoms with Gasteiger partial charge < -0.3 is 20.5 Å². The highest BCUT2D eigenvalue weighted by molar-refractivity contribution is 5.67. The van der Waals surface area contributed by atoms with E-state index in [1.54, 1.807) is 0 Å². The summed E-state index contributed by atoms with van der Waals surface area (Å²) in [5, 5.41) is 16.5. The Balaban J connectivity index is 1.77. The second-order valence-corrected chi connectivity index (χ2v) is 8.78. The van der Waals surface area contributed by atoms with E-state index >= 15 is 0 Å². The van der Waals surface area contributed by atoms with Gasteiger partial charge in [0.2, 0.25) is 0 Å². The molecule has 2 aliphatic rings. The van der Waals surface area contributed by atoms with E-state index in [4.69, 9.17) is 4.74 Å². The molecule has 0 radical (unpaired) electrons.